The fourth-order valence-corrected chi connectivity index (χ4v) is 6.06. The number of nitrogens with zero attached hydrogens (tertiary/aromatic N) is 2. The average Bonchev–Trinajstić information content (AvgIpc) is 2.99. The fourth-order valence-electron chi connectivity index (χ4n) is 6.06. The van der Waals surface area contributed by atoms with Crippen molar-refractivity contribution in [1.29, 1.82) is 5.41 Å². The largest absolute Gasteiger partial charge is 0.493 e. The van der Waals surface area contributed by atoms with E-state index in [1.165, 1.54) is 0 Å². The third-order valence-electron chi connectivity index (χ3n) is 8.67. The number of ether oxygens (including phenoxy) is 2. The first-order valence-corrected chi connectivity index (χ1v) is 14.5. The first-order chi connectivity index (χ1) is 19.4. The van der Waals surface area contributed by atoms with E-state index in [-0.39, 0.29) is 35.4 Å². The molecule has 2 fully saturated rings. The molecule has 3 aliphatic rings. The predicted molar refractivity (Wildman–Crippen MR) is 153 cm³/mol. The Hall–Kier alpha value is -3.43. The molecule has 2 atom stereocenters. The highest BCUT2D eigenvalue weighted by Gasteiger charge is 2.42. The van der Waals surface area contributed by atoms with Crippen molar-refractivity contribution in [2.24, 2.45) is 0 Å². The van der Waals surface area contributed by atoms with E-state index < -0.39 is 0 Å². The molecule has 0 radical (unpaired) electrons. The maximum atomic E-state index is 13.6. The highest BCUT2D eigenvalue weighted by atomic mass is 16.5. The van der Waals surface area contributed by atoms with Crippen LogP contribution >= 0.6 is 0 Å². The van der Waals surface area contributed by atoms with Gasteiger partial charge in [-0.25, -0.2) is 0 Å². The molecule has 2 amide bonds. The molecule has 214 valence electrons. The van der Waals surface area contributed by atoms with E-state index >= 15 is 0 Å². The Morgan fingerprint density at radius 2 is 1.90 bits per heavy atom. The molecule has 0 aliphatic carbocycles. The number of rotatable bonds is 9. The van der Waals surface area contributed by atoms with Gasteiger partial charge in [-0.15, -0.1) is 0 Å². The van der Waals surface area contributed by atoms with Crippen LogP contribution < -0.4 is 15.4 Å². The SMILES string of the molecule is CCC1(CC)CC(=O)N([C@H](CCN2CCOCC2)c2cccc(C(=O)N[C@H]3CCOc4ccccc43)c2)C(=N)N1. The van der Waals surface area contributed by atoms with Crippen LogP contribution in [-0.2, 0) is 9.53 Å². The predicted octanol–water partition coefficient (Wildman–Crippen LogP) is 4.02. The van der Waals surface area contributed by atoms with Crippen LogP contribution in [0.2, 0.25) is 0 Å². The number of benzene rings is 2. The van der Waals surface area contributed by atoms with Gasteiger partial charge in [0.25, 0.3) is 5.91 Å². The van der Waals surface area contributed by atoms with Gasteiger partial charge in [-0.3, -0.25) is 24.8 Å². The maximum absolute atomic E-state index is 13.6. The highest BCUT2D eigenvalue weighted by molar-refractivity contribution is 6.00. The summed E-state index contributed by atoms with van der Waals surface area (Å²) in [6, 6.07) is 14.8. The van der Waals surface area contributed by atoms with Gasteiger partial charge in [0, 0.05) is 42.7 Å². The van der Waals surface area contributed by atoms with Crippen molar-refractivity contribution in [1.82, 2.24) is 20.4 Å². The number of morpholine rings is 1. The summed E-state index contributed by atoms with van der Waals surface area (Å²) in [4.78, 5) is 31.0. The number of amides is 2. The van der Waals surface area contributed by atoms with Gasteiger partial charge in [0.05, 0.1) is 38.3 Å². The van der Waals surface area contributed by atoms with Crippen LogP contribution in [0.15, 0.2) is 48.5 Å². The van der Waals surface area contributed by atoms with Gasteiger partial charge >= 0.3 is 0 Å². The first kappa shape index (κ1) is 28.1. The number of hydrogen-bond acceptors (Lipinski definition) is 6. The molecule has 9 nitrogen and oxygen atoms in total. The van der Waals surface area contributed by atoms with Crippen molar-refractivity contribution < 1.29 is 19.1 Å². The molecule has 0 unspecified atom stereocenters. The van der Waals surface area contributed by atoms with Gasteiger partial charge in [-0.2, -0.15) is 0 Å². The smallest absolute Gasteiger partial charge is 0.251 e. The minimum atomic E-state index is -0.388. The van der Waals surface area contributed by atoms with Crippen molar-refractivity contribution in [2.75, 3.05) is 39.5 Å². The Morgan fingerprint density at radius 1 is 1.12 bits per heavy atom. The van der Waals surface area contributed by atoms with Crippen LogP contribution in [0.4, 0.5) is 0 Å². The average molecular weight is 548 g/mol. The molecule has 3 aliphatic heterocycles. The minimum absolute atomic E-state index is 0.0481. The lowest BCUT2D eigenvalue weighted by atomic mass is 9.86. The van der Waals surface area contributed by atoms with Gasteiger partial charge in [0.15, 0.2) is 5.96 Å². The van der Waals surface area contributed by atoms with Crippen molar-refractivity contribution in [3.63, 3.8) is 0 Å². The van der Waals surface area contributed by atoms with Crippen LogP contribution in [0.5, 0.6) is 5.75 Å². The van der Waals surface area contributed by atoms with Gasteiger partial charge in [0.2, 0.25) is 5.91 Å². The fraction of sp³-hybridized carbons (Fsp3) is 0.516. The molecular weight excluding hydrogens is 506 g/mol. The zero-order valence-electron chi connectivity index (χ0n) is 23.6. The van der Waals surface area contributed by atoms with E-state index in [0.29, 0.717) is 44.6 Å². The lowest BCUT2D eigenvalue weighted by molar-refractivity contribution is -0.133. The number of para-hydroxylation sites is 1. The standard InChI is InChI=1S/C31H41N5O4/c1-3-31(4-2)21-28(37)36(30(32)34-31)26(12-14-35-15-18-39-19-16-35)22-8-7-9-23(20-22)29(38)33-25-13-17-40-27-11-6-5-10-24(25)27/h5-11,20,25-26H,3-4,12-19,21H2,1-2H3,(H2,32,34)(H,33,38)/t25-,26+/m0/s1. The van der Waals surface area contributed by atoms with Gasteiger partial charge in [-0.05, 0) is 43.0 Å². The van der Waals surface area contributed by atoms with Gasteiger partial charge in [-0.1, -0.05) is 44.2 Å². The monoisotopic (exact) mass is 547 g/mol. The van der Waals surface area contributed by atoms with E-state index in [0.717, 1.165) is 49.4 Å². The highest BCUT2D eigenvalue weighted by Crippen LogP contribution is 2.34. The quantitative estimate of drug-likeness (QED) is 0.438. The van der Waals surface area contributed by atoms with Crippen LogP contribution in [0.3, 0.4) is 0 Å². The number of carbonyl (C=O) groups is 2. The summed E-state index contributed by atoms with van der Waals surface area (Å²) in [5, 5.41) is 15.4. The summed E-state index contributed by atoms with van der Waals surface area (Å²) >= 11 is 0. The topological polar surface area (TPSA) is 107 Å². The Kier molecular flexibility index (Phi) is 8.71. The Bertz CT molecular complexity index is 1200. The summed E-state index contributed by atoms with van der Waals surface area (Å²) in [6.45, 7) is 8.53. The number of nitrogens with one attached hydrogen (secondary N) is 3. The van der Waals surface area contributed by atoms with Crippen molar-refractivity contribution in [3.05, 3.63) is 65.2 Å². The van der Waals surface area contributed by atoms with E-state index in [9.17, 15) is 9.59 Å². The lowest BCUT2D eigenvalue weighted by Crippen LogP contribution is -2.62. The van der Waals surface area contributed by atoms with Crippen LogP contribution in [-0.4, -0.2) is 72.6 Å². The second-order valence-corrected chi connectivity index (χ2v) is 11.0. The lowest BCUT2D eigenvalue weighted by Gasteiger charge is -2.45. The Morgan fingerprint density at radius 3 is 2.65 bits per heavy atom. The summed E-state index contributed by atoms with van der Waals surface area (Å²) in [6.07, 6.45) is 3.25. The molecule has 3 N–H and O–H groups in total. The van der Waals surface area contributed by atoms with Crippen LogP contribution in [0.1, 0.15) is 79.5 Å². The first-order valence-electron chi connectivity index (χ1n) is 14.5. The molecule has 0 spiro atoms. The zero-order chi connectivity index (χ0) is 28.1. The number of fused-ring (bicyclic) bond motifs is 1. The Labute approximate surface area is 236 Å². The second-order valence-electron chi connectivity index (χ2n) is 11.0. The molecule has 0 aromatic heterocycles. The summed E-state index contributed by atoms with van der Waals surface area (Å²) in [5.74, 6) is 0.735. The molecule has 40 heavy (non-hydrogen) atoms. The number of hydrogen-bond donors (Lipinski definition) is 3. The molecular formula is C31H41N5O4. The van der Waals surface area contributed by atoms with Crippen molar-refractivity contribution in [3.8, 4) is 5.75 Å². The van der Waals surface area contributed by atoms with Crippen LogP contribution in [0, 0.1) is 5.41 Å². The molecule has 9 heteroatoms. The van der Waals surface area contributed by atoms with E-state index in [4.69, 9.17) is 14.9 Å². The molecule has 5 rings (SSSR count). The molecule has 0 saturated carbocycles. The van der Waals surface area contributed by atoms with Crippen LogP contribution in [0.25, 0.3) is 0 Å². The minimum Gasteiger partial charge on any atom is -0.493 e. The summed E-state index contributed by atoms with van der Waals surface area (Å²) in [7, 11) is 0. The molecule has 2 saturated heterocycles. The van der Waals surface area contributed by atoms with Gasteiger partial charge < -0.3 is 20.1 Å². The second kappa shape index (κ2) is 12.4. The van der Waals surface area contributed by atoms with E-state index in [1.54, 1.807) is 4.90 Å². The van der Waals surface area contributed by atoms with E-state index in [2.05, 4.69) is 29.4 Å². The number of guanidine groups is 1. The third kappa shape index (κ3) is 6.00. The summed E-state index contributed by atoms with van der Waals surface area (Å²) in [5.41, 5.74) is 1.99. The Balaban J connectivity index is 1.39. The van der Waals surface area contributed by atoms with E-state index in [1.807, 2.05) is 48.5 Å². The molecule has 3 heterocycles. The maximum Gasteiger partial charge on any atom is 0.251 e. The summed E-state index contributed by atoms with van der Waals surface area (Å²) < 4.78 is 11.3. The van der Waals surface area contributed by atoms with Gasteiger partial charge in [0.1, 0.15) is 5.75 Å². The third-order valence-corrected chi connectivity index (χ3v) is 8.67. The van der Waals surface area contributed by atoms with Crippen molar-refractivity contribution in [2.45, 2.75) is 63.6 Å². The molecule has 2 aromatic carbocycles. The zero-order valence-corrected chi connectivity index (χ0v) is 23.6. The molecule has 2 aromatic rings. The van der Waals surface area contributed by atoms with Crippen molar-refractivity contribution >= 4 is 17.8 Å². The number of carbonyl (C=O) groups excluding carboxylic acids is 2. The molecule has 0 bridgehead atoms. The normalized spacial score (nSPS) is 21.6.